The molecule has 9 nitrogen and oxygen atoms in total. The highest BCUT2D eigenvalue weighted by molar-refractivity contribution is 5.90. The largest absolute Gasteiger partial charge is 0.459 e. The van der Waals surface area contributed by atoms with E-state index in [0.717, 1.165) is 0 Å². The molecule has 2 aliphatic rings. The van der Waals surface area contributed by atoms with Crippen molar-refractivity contribution >= 4 is 17.8 Å². The maximum atomic E-state index is 12.8. The topological polar surface area (TPSA) is 109 Å². The summed E-state index contributed by atoms with van der Waals surface area (Å²) < 4.78 is 28.5. The number of amides is 1. The SMILES string of the molecule is CC(=O)N[C@@H]1[C@H](OC(=O)c2ccccc2)[C@@H](COC(=O)c2ccccc2)O[C@H]1C1OCCO1. The third-order valence-electron chi connectivity index (χ3n) is 5.33. The van der Waals surface area contributed by atoms with E-state index in [2.05, 4.69) is 5.32 Å². The molecular weight excluding hydrogens is 430 g/mol. The smallest absolute Gasteiger partial charge is 0.338 e. The molecule has 33 heavy (non-hydrogen) atoms. The maximum Gasteiger partial charge on any atom is 0.338 e. The molecule has 2 aromatic rings. The van der Waals surface area contributed by atoms with Crippen molar-refractivity contribution in [1.82, 2.24) is 5.32 Å². The summed E-state index contributed by atoms with van der Waals surface area (Å²) in [5, 5.41) is 2.78. The summed E-state index contributed by atoms with van der Waals surface area (Å²) >= 11 is 0. The molecular formula is C24H25NO8. The Balaban J connectivity index is 1.54. The van der Waals surface area contributed by atoms with Gasteiger partial charge in [0.1, 0.15) is 18.8 Å². The lowest BCUT2D eigenvalue weighted by molar-refractivity contribution is -0.149. The number of rotatable bonds is 7. The lowest BCUT2D eigenvalue weighted by Crippen LogP contribution is -2.52. The molecule has 4 atom stereocenters. The molecule has 2 saturated heterocycles. The maximum absolute atomic E-state index is 12.8. The van der Waals surface area contributed by atoms with E-state index in [4.69, 9.17) is 23.7 Å². The summed E-state index contributed by atoms with van der Waals surface area (Å²) in [4.78, 5) is 37.2. The Morgan fingerprint density at radius 1 is 0.909 bits per heavy atom. The zero-order valence-electron chi connectivity index (χ0n) is 18.0. The molecule has 0 radical (unpaired) electrons. The van der Waals surface area contributed by atoms with E-state index in [9.17, 15) is 14.4 Å². The first-order valence-corrected chi connectivity index (χ1v) is 10.7. The summed E-state index contributed by atoms with van der Waals surface area (Å²) in [7, 11) is 0. The van der Waals surface area contributed by atoms with Gasteiger partial charge in [0.15, 0.2) is 12.4 Å². The van der Waals surface area contributed by atoms with Crippen LogP contribution in [0, 0.1) is 0 Å². The molecule has 0 saturated carbocycles. The Kier molecular flexibility index (Phi) is 7.33. The van der Waals surface area contributed by atoms with Gasteiger partial charge >= 0.3 is 11.9 Å². The predicted octanol–water partition coefficient (Wildman–Crippen LogP) is 1.71. The van der Waals surface area contributed by atoms with Gasteiger partial charge in [0, 0.05) is 6.92 Å². The number of esters is 2. The summed E-state index contributed by atoms with van der Waals surface area (Å²) in [6, 6.07) is 16.2. The summed E-state index contributed by atoms with van der Waals surface area (Å²) in [6.45, 7) is 1.91. The molecule has 0 unspecified atom stereocenters. The van der Waals surface area contributed by atoms with Crippen molar-refractivity contribution in [2.24, 2.45) is 0 Å². The summed E-state index contributed by atoms with van der Waals surface area (Å²) in [5.41, 5.74) is 0.724. The molecule has 2 aliphatic heterocycles. The number of ether oxygens (including phenoxy) is 5. The van der Waals surface area contributed by atoms with Gasteiger partial charge in [-0.25, -0.2) is 9.59 Å². The van der Waals surface area contributed by atoms with E-state index in [1.165, 1.54) is 6.92 Å². The Hall–Kier alpha value is -3.27. The number of carbonyl (C=O) groups excluding carboxylic acids is 3. The standard InChI is InChI=1S/C24H25NO8/c1-15(26)25-19-20(33-23(28)17-10-6-3-7-11-17)18(32-21(19)24-29-12-13-30-24)14-31-22(27)16-8-4-2-5-9-16/h2-11,18-21,24H,12-14H2,1H3,(H,25,26)/t18-,19-,20-,21-/m1/s1. The average Bonchev–Trinajstić information content (AvgIpc) is 3.47. The highest BCUT2D eigenvalue weighted by Gasteiger charge is 2.52. The lowest BCUT2D eigenvalue weighted by Gasteiger charge is -2.26. The fraction of sp³-hybridized carbons (Fsp3) is 0.375. The lowest BCUT2D eigenvalue weighted by atomic mass is 10.0. The molecule has 2 fully saturated rings. The Morgan fingerprint density at radius 3 is 2.06 bits per heavy atom. The van der Waals surface area contributed by atoms with E-state index in [-0.39, 0.29) is 12.5 Å². The van der Waals surface area contributed by atoms with E-state index >= 15 is 0 Å². The van der Waals surface area contributed by atoms with Crippen molar-refractivity contribution < 1.29 is 38.1 Å². The monoisotopic (exact) mass is 455 g/mol. The highest BCUT2D eigenvalue weighted by atomic mass is 16.7. The van der Waals surface area contributed by atoms with Gasteiger partial charge in [-0.05, 0) is 24.3 Å². The molecule has 174 valence electrons. The van der Waals surface area contributed by atoms with Crippen LogP contribution in [0.3, 0.4) is 0 Å². The van der Waals surface area contributed by atoms with Crippen LogP contribution in [-0.4, -0.2) is 68.3 Å². The molecule has 1 N–H and O–H groups in total. The number of carbonyl (C=O) groups is 3. The molecule has 0 aromatic heterocycles. The summed E-state index contributed by atoms with van der Waals surface area (Å²) in [6.07, 6.45) is -3.30. The zero-order chi connectivity index (χ0) is 23.2. The molecule has 0 bridgehead atoms. The second-order valence-electron chi connectivity index (χ2n) is 7.68. The van der Waals surface area contributed by atoms with Crippen LogP contribution in [0.15, 0.2) is 60.7 Å². The van der Waals surface area contributed by atoms with E-state index in [1.807, 2.05) is 0 Å². The number of nitrogens with one attached hydrogen (secondary N) is 1. The van der Waals surface area contributed by atoms with Crippen molar-refractivity contribution in [3.05, 3.63) is 71.8 Å². The van der Waals surface area contributed by atoms with Gasteiger partial charge in [0.2, 0.25) is 5.91 Å². The van der Waals surface area contributed by atoms with Gasteiger partial charge in [-0.1, -0.05) is 36.4 Å². The van der Waals surface area contributed by atoms with Gasteiger partial charge in [0.05, 0.1) is 30.4 Å². The van der Waals surface area contributed by atoms with Crippen LogP contribution in [0.2, 0.25) is 0 Å². The van der Waals surface area contributed by atoms with Crippen molar-refractivity contribution in [3.63, 3.8) is 0 Å². The Labute approximate surface area is 190 Å². The zero-order valence-corrected chi connectivity index (χ0v) is 18.0. The molecule has 9 heteroatoms. The normalized spacial score (nSPS) is 24.9. The molecule has 4 rings (SSSR count). The van der Waals surface area contributed by atoms with Crippen LogP contribution in [-0.2, 0) is 28.5 Å². The highest BCUT2D eigenvalue weighted by Crippen LogP contribution is 2.30. The number of benzene rings is 2. The summed E-state index contributed by atoms with van der Waals surface area (Å²) in [5.74, 6) is -1.47. The Bertz CT molecular complexity index is 961. The third-order valence-corrected chi connectivity index (χ3v) is 5.33. The molecule has 2 heterocycles. The van der Waals surface area contributed by atoms with E-state index in [1.54, 1.807) is 60.7 Å². The van der Waals surface area contributed by atoms with E-state index in [0.29, 0.717) is 24.3 Å². The minimum Gasteiger partial charge on any atom is -0.459 e. The Morgan fingerprint density at radius 2 is 1.48 bits per heavy atom. The molecule has 1 amide bonds. The van der Waals surface area contributed by atoms with E-state index < -0.39 is 42.6 Å². The second-order valence-corrected chi connectivity index (χ2v) is 7.68. The molecule has 0 spiro atoms. The predicted molar refractivity (Wildman–Crippen MR) is 114 cm³/mol. The molecule has 2 aromatic carbocycles. The van der Waals surface area contributed by atoms with Crippen LogP contribution in [0.25, 0.3) is 0 Å². The number of hydrogen-bond donors (Lipinski definition) is 1. The quantitative estimate of drug-likeness (QED) is 0.629. The van der Waals surface area contributed by atoms with Crippen LogP contribution in [0.1, 0.15) is 27.6 Å². The first-order chi connectivity index (χ1) is 16.0. The minimum absolute atomic E-state index is 0.195. The van der Waals surface area contributed by atoms with Crippen LogP contribution in [0.4, 0.5) is 0 Å². The first-order valence-electron chi connectivity index (χ1n) is 10.7. The van der Waals surface area contributed by atoms with Gasteiger partial charge in [-0.2, -0.15) is 0 Å². The van der Waals surface area contributed by atoms with Crippen molar-refractivity contribution in [1.29, 1.82) is 0 Å². The van der Waals surface area contributed by atoms with Crippen molar-refractivity contribution in [2.45, 2.75) is 37.6 Å². The number of hydrogen-bond acceptors (Lipinski definition) is 8. The second kappa shape index (κ2) is 10.6. The van der Waals surface area contributed by atoms with Crippen LogP contribution in [0.5, 0.6) is 0 Å². The minimum atomic E-state index is -0.942. The van der Waals surface area contributed by atoms with Gasteiger partial charge < -0.3 is 29.0 Å². The van der Waals surface area contributed by atoms with Crippen molar-refractivity contribution in [2.75, 3.05) is 19.8 Å². The van der Waals surface area contributed by atoms with Gasteiger partial charge in [-0.15, -0.1) is 0 Å². The average molecular weight is 455 g/mol. The van der Waals surface area contributed by atoms with Crippen molar-refractivity contribution in [3.8, 4) is 0 Å². The van der Waals surface area contributed by atoms with Crippen LogP contribution < -0.4 is 5.32 Å². The molecule has 0 aliphatic carbocycles. The van der Waals surface area contributed by atoms with Gasteiger partial charge in [0.25, 0.3) is 0 Å². The fourth-order valence-corrected chi connectivity index (χ4v) is 3.85. The first kappa shape index (κ1) is 22.9. The fourth-order valence-electron chi connectivity index (χ4n) is 3.85. The van der Waals surface area contributed by atoms with Gasteiger partial charge in [-0.3, -0.25) is 4.79 Å². The van der Waals surface area contributed by atoms with Crippen LogP contribution >= 0.6 is 0 Å². The third kappa shape index (κ3) is 5.57.